The summed E-state index contributed by atoms with van der Waals surface area (Å²) in [4.78, 5) is 59.9. The van der Waals surface area contributed by atoms with Crippen LogP contribution in [0.2, 0.25) is 0 Å². The average molecular weight is 630 g/mol. The molecule has 5 rings (SSSR count). The van der Waals surface area contributed by atoms with Gasteiger partial charge in [-0.15, -0.1) is 11.3 Å². The smallest absolute Gasteiger partial charge is 0.407 e. The van der Waals surface area contributed by atoms with Crippen molar-refractivity contribution in [1.29, 1.82) is 0 Å². The number of anilines is 1. The van der Waals surface area contributed by atoms with Crippen molar-refractivity contribution in [3.05, 3.63) is 10.6 Å². The lowest BCUT2D eigenvalue weighted by Crippen LogP contribution is -2.50. The van der Waals surface area contributed by atoms with Crippen LogP contribution >= 0.6 is 11.3 Å². The van der Waals surface area contributed by atoms with Crippen LogP contribution in [-0.2, 0) is 22.7 Å². The van der Waals surface area contributed by atoms with Crippen LogP contribution in [0.1, 0.15) is 36.3 Å². The molecule has 3 fully saturated rings. The van der Waals surface area contributed by atoms with Gasteiger partial charge in [0.1, 0.15) is 0 Å². The number of amides is 6. The van der Waals surface area contributed by atoms with E-state index in [1.165, 1.54) is 21.1 Å². The Hall–Kier alpha value is -3.34. The van der Waals surface area contributed by atoms with E-state index in [4.69, 9.17) is 10.2 Å². The number of sulfone groups is 1. The first-order valence-corrected chi connectivity index (χ1v) is 16.9. The first-order valence-electron chi connectivity index (χ1n) is 14.3. The maximum Gasteiger partial charge on any atom is 0.407 e. The molecular weight excluding hydrogens is 590 g/mol. The molecule has 0 saturated carbocycles. The van der Waals surface area contributed by atoms with Crippen molar-refractivity contribution >= 4 is 50.6 Å². The highest BCUT2D eigenvalue weighted by molar-refractivity contribution is 7.91. The molecule has 15 nitrogen and oxygen atoms in total. The van der Waals surface area contributed by atoms with Crippen LogP contribution in [0, 0.1) is 0 Å². The first-order chi connectivity index (χ1) is 20.0. The number of fused-ring (bicyclic) bond motifs is 1. The molecule has 3 N–H and O–H groups in total. The summed E-state index contributed by atoms with van der Waals surface area (Å²) in [6.45, 7) is 3.90. The highest BCUT2D eigenvalue weighted by Crippen LogP contribution is 2.29. The van der Waals surface area contributed by atoms with E-state index in [1.807, 2.05) is 0 Å². The van der Waals surface area contributed by atoms with E-state index in [9.17, 15) is 27.6 Å². The summed E-state index contributed by atoms with van der Waals surface area (Å²) >= 11 is 1.57. The third kappa shape index (κ3) is 8.59. The Morgan fingerprint density at radius 2 is 1.17 bits per heavy atom. The number of carbonyl (C=O) groups excluding carboxylic acids is 2. The van der Waals surface area contributed by atoms with Gasteiger partial charge in [-0.2, -0.15) is 0 Å². The van der Waals surface area contributed by atoms with Crippen molar-refractivity contribution < 1.29 is 37.8 Å². The Morgan fingerprint density at radius 1 is 0.667 bits per heavy atom. The molecular formula is C25H39N7O8S2. The van der Waals surface area contributed by atoms with Gasteiger partial charge in [-0.1, -0.05) is 0 Å². The minimum absolute atomic E-state index is 0.0267. The van der Waals surface area contributed by atoms with Crippen molar-refractivity contribution in [2.24, 2.45) is 0 Å². The van der Waals surface area contributed by atoms with Gasteiger partial charge in [0.15, 0.2) is 15.0 Å². The molecule has 0 unspecified atom stereocenters. The van der Waals surface area contributed by atoms with Crippen molar-refractivity contribution in [1.82, 2.24) is 29.5 Å². The third-order valence-corrected chi connectivity index (χ3v) is 10.4. The summed E-state index contributed by atoms with van der Waals surface area (Å²) in [5.41, 5.74) is 1.12. The molecule has 3 aliphatic heterocycles. The van der Waals surface area contributed by atoms with Gasteiger partial charge in [-0.05, 0) is 38.5 Å². The van der Waals surface area contributed by atoms with Crippen LogP contribution in [0.25, 0.3) is 0 Å². The first kappa shape index (κ1) is 31.6. The summed E-state index contributed by atoms with van der Waals surface area (Å²) in [7, 11) is -3.02. The molecule has 0 atom stereocenters. The Morgan fingerprint density at radius 3 is 1.76 bits per heavy atom. The van der Waals surface area contributed by atoms with Gasteiger partial charge >= 0.3 is 24.2 Å². The average Bonchev–Trinajstić information content (AvgIpc) is 3.12. The largest absolute Gasteiger partial charge is 0.465 e. The van der Waals surface area contributed by atoms with Gasteiger partial charge in [-0.25, -0.2) is 32.6 Å². The van der Waals surface area contributed by atoms with E-state index in [1.54, 1.807) is 26.0 Å². The normalized spacial score (nSPS) is 20.8. The maximum absolute atomic E-state index is 12.7. The molecule has 17 heteroatoms. The van der Waals surface area contributed by atoms with Gasteiger partial charge in [0.25, 0.3) is 0 Å². The predicted octanol–water partition coefficient (Wildman–Crippen LogP) is 1.76. The lowest BCUT2D eigenvalue weighted by Gasteiger charge is -2.32. The van der Waals surface area contributed by atoms with Crippen molar-refractivity contribution in [2.75, 3.05) is 82.3 Å². The van der Waals surface area contributed by atoms with Gasteiger partial charge in [-0.3, -0.25) is 5.32 Å². The summed E-state index contributed by atoms with van der Waals surface area (Å²) in [5, 5.41) is 20.9. The molecule has 0 radical (unpaired) electrons. The van der Waals surface area contributed by atoms with Gasteiger partial charge in [0.2, 0.25) is 0 Å². The second-order valence-electron chi connectivity index (χ2n) is 10.7. The zero-order valence-corrected chi connectivity index (χ0v) is 25.2. The molecule has 0 bridgehead atoms. The number of nitrogens with zero attached hydrogens (tertiary/aromatic N) is 6. The van der Waals surface area contributed by atoms with Crippen molar-refractivity contribution in [3.8, 4) is 0 Å². The number of carbonyl (C=O) groups is 4. The Labute approximate surface area is 249 Å². The number of aromatic nitrogens is 1. The van der Waals surface area contributed by atoms with Crippen LogP contribution in [0.3, 0.4) is 0 Å². The molecule has 42 heavy (non-hydrogen) atoms. The standard InChI is InChI=1S/C18H27N5O4S2.C7H12N2O4/c24-17(20-16-19-14-4-1-2-5-15(14)28-16)21-6-3-7-22(9-8-21)18(25)23-10-12-29(26,27)13-11-23;10-6(11)8-2-1-3-9(5-4-8)7(12)13/h1-13H2,(H,19,20,24);1-5H2,(H,10,11)(H,12,13). The molecule has 1 aromatic heterocycles. The second-order valence-corrected chi connectivity index (χ2v) is 14.1. The number of thiazole rings is 1. The zero-order chi connectivity index (χ0) is 30.3. The number of hydrogen-bond donors (Lipinski definition) is 3. The number of urea groups is 2. The molecule has 3 saturated heterocycles. The number of rotatable bonds is 1. The van der Waals surface area contributed by atoms with E-state index in [0.717, 1.165) is 25.0 Å². The maximum atomic E-state index is 12.7. The van der Waals surface area contributed by atoms with E-state index in [0.29, 0.717) is 57.2 Å². The predicted molar refractivity (Wildman–Crippen MR) is 155 cm³/mol. The van der Waals surface area contributed by atoms with E-state index in [-0.39, 0.29) is 49.7 Å². The molecule has 0 aromatic carbocycles. The molecule has 4 heterocycles. The number of hydrogen-bond acceptors (Lipinski definition) is 8. The highest BCUT2D eigenvalue weighted by Gasteiger charge is 2.30. The van der Waals surface area contributed by atoms with Gasteiger partial charge in [0.05, 0.1) is 17.2 Å². The lowest BCUT2D eigenvalue weighted by atomic mass is 10.0. The van der Waals surface area contributed by atoms with Gasteiger partial charge < -0.3 is 34.7 Å². The Kier molecular flexibility index (Phi) is 10.7. The SMILES string of the molecule is O=C(Nc1nc2c(s1)CCCC2)N1CCCN(C(=O)N2CCS(=O)(=O)CC2)CC1.O=C(O)N1CCCN(C(=O)O)CC1. The lowest BCUT2D eigenvalue weighted by molar-refractivity contribution is 0.137. The molecule has 4 aliphatic rings. The monoisotopic (exact) mass is 629 g/mol. The number of nitrogens with one attached hydrogen (secondary N) is 1. The van der Waals surface area contributed by atoms with Crippen LogP contribution < -0.4 is 5.32 Å². The third-order valence-electron chi connectivity index (χ3n) is 7.77. The van der Waals surface area contributed by atoms with Crippen LogP contribution in [0.5, 0.6) is 0 Å². The number of carboxylic acid groups (broad SMARTS) is 2. The molecule has 0 spiro atoms. The van der Waals surface area contributed by atoms with E-state index < -0.39 is 22.0 Å². The van der Waals surface area contributed by atoms with E-state index in [2.05, 4.69) is 10.3 Å². The summed E-state index contributed by atoms with van der Waals surface area (Å²) in [5.74, 6) is 0.0534. The fraction of sp³-hybridized carbons (Fsp3) is 0.720. The zero-order valence-electron chi connectivity index (χ0n) is 23.6. The molecule has 234 valence electrons. The minimum Gasteiger partial charge on any atom is -0.465 e. The minimum atomic E-state index is -3.02. The molecule has 1 aliphatic carbocycles. The van der Waals surface area contributed by atoms with Crippen LogP contribution in [0.4, 0.5) is 24.3 Å². The van der Waals surface area contributed by atoms with E-state index >= 15 is 0 Å². The summed E-state index contributed by atoms with van der Waals surface area (Å²) < 4.78 is 23.2. The van der Waals surface area contributed by atoms with Crippen molar-refractivity contribution in [3.63, 3.8) is 0 Å². The highest BCUT2D eigenvalue weighted by atomic mass is 32.2. The van der Waals surface area contributed by atoms with Crippen LogP contribution in [0.15, 0.2) is 0 Å². The fourth-order valence-corrected chi connectivity index (χ4v) is 7.53. The Bertz CT molecular complexity index is 1200. The fourth-order valence-electron chi connectivity index (χ4n) is 5.29. The summed E-state index contributed by atoms with van der Waals surface area (Å²) in [6, 6.07) is -0.302. The van der Waals surface area contributed by atoms with Crippen molar-refractivity contribution in [2.45, 2.75) is 38.5 Å². The number of aryl methyl sites for hydroxylation is 2. The van der Waals surface area contributed by atoms with Crippen LogP contribution in [-0.4, -0.2) is 149 Å². The Balaban J connectivity index is 0.000000262. The quantitative estimate of drug-likeness (QED) is 0.417. The second kappa shape index (κ2) is 14.2. The van der Waals surface area contributed by atoms with Gasteiger partial charge in [0, 0.05) is 70.3 Å². The topological polar surface area (TPSA) is 184 Å². The summed E-state index contributed by atoms with van der Waals surface area (Å²) in [6.07, 6.45) is 3.67. The molecule has 1 aromatic rings. The molecule has 6 amide bonds.